The van der Waals surface area contributed by atoms with Gasteiger partial charge in [-0.1, -0.05) is 42.5 Å². The van der Waals surface area contributed by atoms with Crippen LogP contribution in [0.1, 0.15) is 52.7 Å². The van der Waals surface area contributed by atoms with Crippen molar-refractivity contribution in [1.29, 1.82) is 5.26 Å². The molecule has 9 nitrogen and oxygen atoms in total. The summed E-state index contributed by atoms with van der Waals surface area (Å²) >= 11 is 0. The summed E-state index contributed by atoms with van der Waals surface area (Å²) in [6, 6.07) is 21.3. The number of nitrogens with zero attached hydrogens (tertiary/aromatic N) is 1. The fourth-order valence-electron chi connectivity index (χ4n) is 4.02. The number of hydrogen-bond acceptors (Lipinski definition) is 6. The predicted molar refractivity (Wildman–Crippen MR) is 159 cm³/mol. The van der Waals surface area contributed by atoms with Crippen LogP contribution in [0.5, 0.6) is 0 Å². The minimum absolute atomic E-state index is 0.130. The first-order chi connectivity index (χ1) is 19.1. The number of rotatable bonds is 8. The maximum Gasteiger partial charge on any atom is 0.408 e. The van der Waals surface area contributed by atoms with Crippen molar-refractivity contribution in [3.8, 4) is 17.2 Å². The van der Waals surface area contributed by atoms with Gasteiger partial charge in [0, 0.05) is 23.2 Å². The van der Waals surface area contributed by atoms with Crippen molar-refractivity contribution in [2.45, 2.75) is 70.0 Å². The molecule has 10 heteroatoms. The van der Waals surface area contributed by atoms with E-state index in [1.165, 1.54) is 0 Å². The molecule has 0 aliphatic heterocycles. The summed E-state index contributed by atoms with van der Waals surface area (Å²) in [6.07, 6.45) is -0.615. The number of nitrogens with one attached hydrogen (secondary N) is 3. The van der Waals surface area contributed by atoms with E-state index in [9.17, 15) is 23.3 Å². The van der Waals surface area contributed by atoms with Gasteiger partial charge < -0.3 is 15.4 Å². The first kappa shape index (κ1) is 31.3. The average Bonchev–Trinajstić information content (AvgIpc) is 2.86. The average molecular weight is 577 g/mol. The molecule has 3 rings (SSSR count). The van der Waals surface area contributed by atoms with Crippen LogP contribution in [0.2, 0.25) is 0 Å². The summed E-state index contributed by atoms with van der Waals surface area (Å²) < 4.78 is 34.2. The van der Waals surface area contributed by atoms with E-state index < -0.39 is 39.2 Å². The minimum atomic E-state index is -3.79. The van der Waals surface area contributed by atoms with Gasteiger partial charge in [-0.25, -0.2) is 17.9 Å². The number of carbonyl (C=O) groups is 2. The van der Waals surface area contributed by atoms with E-state index in [1.54, 1.807) is 114 Å². The molecule has 0 heterocycles. The highest BCUT2D eigenvalue weighted by molar-refractivity contribution is 7.89. The third kappa shape index (κ3) is 9.45. The highest BCUT2D eigenvalue weighted by Gasteiger charge is 2.26. The van der Waals surface area contributed by atoms with E-state index in [1.807, 2.05) is 0 Å². The van der Waals surface area contributed by atoms with Gasteiger partial charge in [0.05, 0.1) is 16.5 Å². The molecule has 0 saturated heterocycles. The summed E-state index contributed by atoms with van der Waals surface area (Å²) in [7, 11) is -3.79. The number of sulfonamides is 1. The summed E-state index contributed by atoms with van der Waals surface area (Å²) in [5.41, 5.74) is 1.34. The Morgan fingerprint density at radius 2 is 1.59 bits per heavy atom. The highest BCUT2D eigenvalue weighted by atomic mass is 32.2. The molecule has 0 aliphatic rings. The maximum atomic E-state index is 13.3. The molecular formula is C31H36N4O5S. The lowest BCUT2D eigenvalue weighted by Gasteiger charge is -2.23. The molecule has 0 aromatic heterocycles. The lowest BCUT2D eigenvalue weighted by atomic mass is 10.0. The van der Waals surface area contributed by atoms with Gasteiger partial charge in [0.1, 0.15) is 11.6 Å². The number of amides is 2. The number of anilines is 1. The summed E-state index contributed by atoms with van der Waals surface area (Å²) in [4.78, 5) is 26.0. The van der Waals surface area contributed by atoms with Crippen LogP contribution in [0.3, 0.4) is 0 Å². The van der Waals surface area contributed by atoms with Crippen molar-refractivity contribution in [3.63, 3.8) is 0 Å². The quantitative estimate of drug-likeness (QED) is 0.329. The zero-order valence-corrected chi connectivity index (χ0v) is 24.9. The van der Waals surface area contributed by atoms with Crippen LogP contribution in [-0.4, -0.2) is 37.6 Å². The Hall–Kier alpha value is -4.20. The van der Waals surface area contributed by atoms with Crippen LogP contribution in [0.25, 0.3) is 11.1 Å². The fraction of sp³-hybridized carbons (Fsp3) is 0.323. The van der Waals surface area contributed by atoms with Crippen molar-refractivity contribution in [3.05, 3.63) is 83.9 Å². The lowest BCUT2D eigenvalue weighted by Crippen LogP contribution is -2.47. The van der Waals surface area contributed by atoms with Crippen LogP contribution in [-0.2, 0) is 26.0 Å². The van der Waals surface area contributed by atoms with Crippen molar-refractivity contribution >= 4 is 27.7 Å². The van der Waals surface area contributed by atoms with Gasteiger partial charge in [0.15, 0.2) is 0 Å². The Bertz CT molecular complexity index is 1550. The van der Waals surface area contributed by atoms with E-state index >= 15 is 0 Å². The van der Waals surface area contributed by atoms with E-state index in [0.717, 1.165) is 0 Å². The lowest BCUT2D eigenvalue weighted by molar-refractivity contribution is -0.118. The van der Waals surface area contributed by atoms with Crippen LogP contribution in [0, 0.1) is 11.3 Å². The molecule has 3 N–H and O–H groups in total. The molecule has 216 valence electrons. The third-order valence-corrected chi connectivity index (χ3v) is 7.40. The van der Waals surface area contributed by atoms with Crippen molar-refractivity contribution in [1.82, 2.24) is 10.0 Å². The van der Waals surface area contributed by atoms with Gasteiger partial charge in [-0.2, -0.15) is 5.26 Å². The molecule has 2 amide bonds. The molecule has 0 saturated carbocycles. The Morgan fingerprint density at radius 3 is 2.20 bits per heavy atom. The van der Waals surface area contributed by atoms with E-state index in [0.29, 0.717) is 27.9 Å². The number of hydrogen-bond donors (Lipinski definition) is 3. The topological polar surface area (TPSA) is 137 Å². The van der Waals surface area contributed by atoms with Gasteiger partial charge >= 0.3 is 6.09 Å². The molecule has 0 bridgehead atoms. The number of ether oxygens (including phenoxy) is 1. The predicted octanol–water partition coefficient (Wildman–Crippen LogP) is 5.38. The SMILES string of the molecule is CC(C)(C)NS(=O)(=O)c1ccccc1-c1ccc(NC(=O)[C@H](Cc2cccc(C#N)c2)NC(=O)OC(C)(C)C)cc1. The molecule has 0 fully saturated rings. The molecule has 0 aliphatic carbocycles. The van der Waals surface area contributed by atoms with Crippen molar-refractivity contribution in [2.75, 3.05) is 5.32 Å². The number of nitriles is 1. The molecule has 0 spiro atoms. The molecule has 41 heavy (non-hydrogen) atoms. The normalized spacial score (nSPS) is 12.6. The molecule has 3 aromatic rings. The van der Waals surface area contributed by atoms with Gasteiger partial charge in [-0.15, -0.1) is 0 Å². The number of benzene rings is 3. The van der Waals surface area contributed by atoms with Crippen LogP contribution < -0.4 is 15.4 Å². The van der Waals surface area contributed by atoms with Gasteiger partial charge in [-0.3, -0.25) is 4.79 Å². The zero-order chi connectivity index (χ0) is 30.4. The van der Waals surface area contributed by atoms with Crippen LogP contribution in [0.4, 0.5) is 10.5 Å². The second-order valence-electron chi connectivity index (χ2n) is 11.6. The van der Waals surface area contributed by atoms with Crippen LogP contribution in [0.15, 0.2) is 77.7 Å². The van der Waals surface area contributed by atoms with Gasteiger partial charge in [0.25, 0.3) is 0 Å². The van der Waals surface area contributed by atoms with Gasteiger partial charge in [0.2, 0.25) is 15.9 Å². The standard InChI is InChI=1S/C31H36N4O5S/c1-30(2,3)35-41(38,39)27-13-8-7-12-25(27)23-14-16-24(17-15-23)33-28(36)26(34-29(37)40-31(4,5)6)19-21-10-9-11-22(18-21)20-32/h7-18,26,35H,19H2,1-6H3,(H,33,36)(H,34,37)/t26-/m0/s1. The van der Waals surface area contributed by atoms with E-state index in [-0.39, 0.29) is 11.3 Å². The number of carbonyl (C=O) groups excluding carboxylic acids is 2. The molecule has 0 radical (unpaired) electrons. The van der Waals surface area contributed by atoms with Crippen molar-refractivity contribution in [2.24, 2.45) is 0 Å². The van der Waals surface area contributed by atoms with Gasteiger partial charge in [-0.05, 0) is 83.0 Å². The maximum absolute atomic E-state index is 13.3. The summed E-state index contributed by atoms with van der Waals surface area (Å²) in [5.74, 6) is -0.483. The number of alkyl carbamates (subject to hydrolysis) is 1. The Balaban J connectivity index is 1.84. The third-order valence-electron chi connectivity index (χ3n) is 5.58. The first-order valence-electron chi connectivity index (χ1n) is 13.1. The highest BCUT2D eigenvalue weighted by Crippen LogP contribution is 2.29. The summed E-state index contributed by atoms with van der Waals surface area (Å²) in [6.45, 7) is 10.5. The molecule has 0 unspecified atom stereocenters. The van der Waals surface area contributed by atoms with Crippen LogP contribution >= 0.6 is 0 Å². The monoisotopic (exact) mass is 576 g/mol. The first-order valence-corrected chi connectivity index (χ1v) is 14.6. The Kier molecular flexibility index (Phi) is 9.58. The minimum Gasteiger partial charge on any atom is -0.444 e. The molecular weight excluding hydrogens is 540 g/mol. The summed E-state index contributed by atoms with van der Waals surface area (Å²) in [5, 5.41) is 14.7. The molecule has 1 atom stereocenters. The smallest absolute Gasteiger partial charge is 0.408 e. The second kappa shape index (κ2) is 12.5. The zero-order valence-electron chi connectivity index (χ0n) is 24.1. The Labute approximate surface area is 242 Å². The van der Waals surface area contributed by atoms with E-state index in [4.69, 9.17) is 4.74 Å². The van der Waals surface area contributed by atoms with E-state index in [2.05, 4.69) is 21.4 Å². The Morgan fingerprint density at radius 1 is 0.927 bits per heavy atom. The van der Waals surface area contributed by atoms with Crippen molar-refractivity contribution < 1.29 is 22.7 Å². The largest absolute Gasteiger partial charge is 0.444 e. The molecule has 3 aromatic carbocycles. The second-order valence-corrected chi connectivity index (χ2v) is 13.3. The fourth-order valence-corrected chi connectivity index (χ4v) is 5.67.